The van der Waals surface area contributed by atoms with Crippen molar-refractivity contribution in [3.63, 3.8) is 0 Å². The summed E-state index contributed by atoms with van der Waals surface area (Å²) in [5, 5.41) is 7.61. The molecule has 0 atom stereocenters. The highest BCUT2D eigenvalue weighted by molar-refractivity contribution is 6.36. The van der Waals surface area contributed by atoms with Gasteiger partial charge in [-0.1, -0.05) is 74.8 Å². The van der Waals surface area contributed by atoms with E-state index in [4.69, 9.17) is 36.0 Å². The number of likely N-dealkylation sites (tertiary alicyclic amines) is 2. The summed E-state index contributed by atoms with van der Waals surface area (Å²) >= 11 is 7.03. The van der Waals surface area contributed by atoms with E-state index in [2.05, 4.69) is 40.9 Å². The Hall–Kier alpha value is -4.09. The van der Waals surface area contributed by atoms with Gasteiger partial charge in [-0.3, -0.25) is 14.8 Å². The number of nitrogens with zero attached hydrogens (tertiary/aromatic N) is 5. The van der Waals surface area contributed by atoms with Crippen LogP contribution in [0.4, 0.5) is 4.39 Å². The molecule has 0 radical (unpaired) electrons. The van der Waals surface area contributed by atoms with Crippen LogP contribution in [0, 0.1) is 5.82 Å². The third kappa shape index (κ3) is 6.94. The van der Waals surface area contributed by atoms with E-state index >= 15 is 4.39 Å². The van der Waals surface area contributed by atoms with Gasteiger partial charge in [0.15, 0.2) is 0 Å². The first-order valence-corrected chi connectivity index (χ1v) is 18.2. The summed E-state index contributed by atoms with van der Waals surface area (Å²) in [5.74, 6) is 0.532. The summed E-state index contributed by atoms with van der Waals surface area (Å²) < 4.78 is 27.8. The van der Waals surface area contributed by atoms with Crippen LogP contribution in [0.25, 0.3) is 33.6 Å². The molecular formula is C40H47ClFN7O2. The normalized spacial score (nSPS) is 18.0. The maximum atomic E-state index is 16.4. The average molecular weight is 712 g/mol. The predicted octanol–water partition coefficient (Wildman–Crippen LogP) is 7.10. The van der Waals surface area contributed by atoms with E-state index in [0.29, 0.717) is 57.0 Å². The highest BCUT2D eigenvalue weighted by Gasteiger charge is 2.46. The van der Waals surface area contributed by atoms with Crippen LogP contribution in [0.1, 0.15) is 50.8 Å². The number of hydrogen-bond donors (Lipinski definition) is 2. The van der Waals surface area contributed by atoms with E-state index in [1.165, 1.54) is 0 Å². The van der Waals surface area contributed by atoms with Gasteiger partial charge in [0, 0.05) is 78.3 Å². The molecule has 2 aromatic carbocycles. The fraction of sp³-hybridized carbons (Fsp3) is 0.425. The van der Waals surface area contributed by atoms with Gasteiger partial charge < -0.3 is 20.1 Å². The molecule has 0 saturated carbocycles. The summed E-state index contributed by atoms with van der Waals surface area (Å²) in [4.78, 5) is 19.0. The maximum Gasteiger partial charge on any atom is 0.237 e. The van der Waals surface area contributed by atoms with Gasteiger partial charge >= 0.3 is 0 Å². The lowest BCUT2D eigenvalue weighted by Crippen LogP contribution is -2.68. The highest BCUT2D eigenvalue weighted by Crippen LogP contribution is 2.40. The van der Waals surface area contributed by atoms with Crippen LogP contribution in [0.2, 0.25) is 5.02 Å². The Morgan fingerprint density at radius 1 is 0.882 bits per heavy atom. The van der Waals surface area contributed by atoms with E-state index in [1.807, 2.05) is 36.4 Å². The first kappa shape index (κ1) is 35.3. The second kappa shape index (κ2) is 14.5. The third-order valence-corrected chi connectivity index (χ3v) is 10.9. The van der Waals surface area contributed by atoms with Gasteiger partial charge in [-0.05, 0) is 37.9 Å². The van der Waals surface area contributed by atoms with Crippen molar-refractivity contribution >= 4 is 11.6 Å². The minimum atomic E-state index is -0.414. The monoisotopic (exact) mass is 711 g/mol. The number of nitrogens with one attached hydrogen (secondary N) is 2. The molecule has 1 spiro atoms. The number of methoxy groups -OCH3 is 2. The van der Waals surface area contributed by atoms with Crippen LogP contribution >= 0.6 is 11.6 Å². The van der Waals surface area contributed by atoms with Crippen molar-refractivity contribution in [2.24, 2.45) is 0 Å². The lowest BCUT2D eigenvalue weighted by molar-refractivity contribution is 0.0284. The van der Waals surface area contributed by atoms with Crippen molar-refractivity contribution in [2.75, 3.05) is 46.9 Å². The zero-order valence-corrected chi connectivity index (χ0v) is 30.7. The molecule has 5 heterocycles. The lowest BCUT2D eigenvalue weighted by atomic mass is 9.84. The number of likely N-dealkylation sites (N-methyl/N-ethyl adjacent to an activating group) is 1. The zero-order chi connectivity index (χ0) is 35.8. The molecule has 4 aromatic rings. The molecule has 3 fully saturated rings. The fourth-order valence-electron chi connectivity index (χ4n) is 8.23. The van der Waals surface area contributed by atoms with Gasteiger partial charge in [0.05, 0.1) is 42.4 Å². The number of allylic oxidation sites excluding steroid dienone is 1. The van der Waals surface area contributed by atoms with Crippen LogP contribution in [0.3, 0.4) is 0 Å². The summed E-state index contributed by atoms with van der Waals surface area (Å²) in [6, 6.07) is 14.7. The highest BCUT2D eigenvalue weighted by atomic mass is 35.5. The van der Waals surface area contributed by atoms with E-state index in [0.717, 1.165) is 81.9 Å². The van der Waals surface area contributed by atoms with Crippen molar-refractivity contribution < 1.29 is 13.9 Å². The fourth-order valence-corrected chi connectivity index (χ4v) is 8.55. The molecule has 3 aliphatic heterocycles. The summed E-state index contributed by atoms with van der Waals surface area (Å²) in [6.07, 6.45) is 6.14. The van der Waals surface area contributed by atoms with Crippen LogP contribution in [0.5, 0.6) is 11.8 Å². The topological polar surface area (TPSA) is 87.7 Å². The SMILES string of the molecule is C=C1CCC2(CN(Cc3ncc(-c4cccc(-c5cccc(-c6ccc(CN7CC(CCC)(NCC)C7)c(OC)n6)c5F)c4Cl)nc3OC)C2)N1. The first-order chi connectivity index (χ1) is 24.7. The number of ether oxygens (including phenoxy) is 2. The molecule has 7 rings (SSSR count). The van der Waals surface area contributed by atoms with E-state index < -0.39 is 5.82 Å². The van der Waals surface area contributed by atoms with E-state index in [9.17, 15) is 0 Å². The van der Waals surface area contributed by atoms with Crippen LogP contribution in [-0.2, 0) is 13.1 Å². The van der Waals surface area contributed by atoms with Crippen molar-refractivity contribution in [3.05, 3.63) is 89.1 Å². The number of aromatic nitrogens is 3. The second-order valence-electron chi connectivity index (χ2n) is 14.3. The lowest BCUT2D eigenvalue weighted by Gasteiger charge is -2.51. The largest absolute Gasteiger partial charge is 0.481 e. The van der Waals surface area contributed by atoms with Crippen LogP contribution < -0.4 is 20.1 Å². The molecular weight excluding hydrogens is 665 g/mol. The average Bonchev–Trinajstić information content (AvgIpc) is 3.50. The van der Waals surface area contributed by atoms with Crippen LogP contribution in [0.15, 0.2) is 67.0 Å². The molecule has 0 unspecified atom stereocenters. The van der Waals surface area contributed by atoms with Crippen molar-refractivity contribution in [1.82, 2.24) is 35.4 Å². The molecule has 2 N–H and O–H groups in total. The summed E-state index contributed by atoms with van der Waals surface area (Å²) in [6.45, 7) is 14.6. The molecule has 0 aliphatic carbocycles. The summed E-state index contributed by atoms with van der Waals surface area (Å²) in [7, 11) is 3.21. The van der Waals surface area contributed by atoms with Gasteiger partial charge in [-0.25, -0.2) is 14.4 Å². The smallest absolute Gasteiger partial charge is 0.237 e. The first-order valence-electron chi connectivity index (χ1n) is 17.9. The molecule has 268 valence electrons. The van der Waals surface area contributed by atoms with Crippen LogP contribution in [-0.4, -0.2) is 82.8 Å². The Bertz CT molecular complexity index is 1920. The zero-order valence-electron chi connectivity index (χ0n) is 30.0. The number of halogens is 2. The van der Waals surface area contributed by atoms with Gasteiger partial charge in [0.2, 0.25) is 11.8 Å². The number of hydrogen-bond acceptors (Lipinski definition) is 9. The van der Waals surface area contributed by atoms with Gasteiger partial charge in [0.1, 0.15) is 11.5 Å². The predicted molar refractivity (Wildman–Crippen MR) is 200 cm³/mol. The van der Waals surface area contributed by atoms with Crippen molar-refractivity contribution in [3.8, 4) is 45.4 Å². The minimum absolute atomic E-state index is 0.131. The molecule has 9 nitrogen and oxygen atoms in total. The minimum Gasteiger partial charge on any atom is -0.481 e. The number of rotatable bonds is 13. The van der Waals surface area contributed by atoms with Gasteiger partial charge in [0.25, 0.3) is 0 Å². The Balaban J connectivity index is 1.10. The summed E-state index contributed by atoms with van der Waals surface area (Å²) in [5.41, 5.74) is 6.12. The van der Waals surface area contributed by atoms with Crippen molar-refractivity contribution in [2.45, 2.75) is 63.7 Å². The number of benzene rings is 2. The quantitative estimate of drug-likeness (QED) is 0.151. The molecule has 3 saturated heterocycles. The maximum absolute atomic E-state index is 16.4. The van der Waals surface area contributed by atoms with Crippen molar-refractivity contribution in [1.29, 1.82) is 0 Å². The molecule has 2 aromatic heterocycles. The Labute approximate surface area is 305 Å². The van der Waals surface area contributed by atoms with Gasteiger partial charge in [-0.2, -0.15) is 0 Å². The van der Waals surface area contributed by atoms with Gasteiger partial charge in [-0.15, -0.1) is 0 Å². The molecule has 0 bridgehead atoms. The van der Waals surface area contributed by atoms with E-state index in [-0.39, 0.29) is 11.1 Å². The van der Waals surface area contributed by atoms with E-state index in [1.54, 1.807) is 32.5 Å². The molecule has 3 aliphatic rings. The molecule has 51 heavy (non-hydrogen) atoms. The Morgan fingerprint density at radius 2 is 1.57 bits per heavy atom. The molecule has 0 amide bonds. The standard InChI is InChI=1S/C40H47ClFN7O2/c1-6-17-39(44-7-2)22-48(23-39)20-27-14-15-32(45-37(27)50-4)31-13-9-11-29(36(31)42)28-10-8-12-30(35(28)41)33-19-43-34(38(46-33)51-5)21-49-24-40(25-49)18-16-26(3)47-40/h8-15,19,44,47H,3,6-7,16-18,20-25H2,1-2,4-5H3. The number of pyridine rings is 1. The Morgan fingerprint density at radius 3 is 2.25 bits per heavy atom. The Kier molecular flexibility index (Phi) is 10.0. The molecule has 11 heteroatoms. The second-order valence-corrected chi connectivity index (χ2v) is 14.6. The third-order valence-electron chi connectivity index (χ3n) is 10.5.